The molecule has 2 fully saturated rings. The van der Waals surface area contributed by atoms with Gasteiger partial charge in [0.1, 0.15) is 0 Å². The molecule has 2 nitrogen and oxygen atoms in total. The second-order valence-corrected chi connectivity index (χ2v) is 6.84. The van der Waals surface area contributed by atoms with E-state index in [0.717, 1.165) is 18.5 Å². The molecule has 3 heteroatoms. The van der Waals surface area contributed by atoms with Crippen LogP contribution in [0, 0.1) is 5.92 Å². The number of hydrogen-bond acceptors (Lipinski definition) is 3. The third-order valence-electron chi connectivity index (χ3n) is 4.36. The van der Waals surface area contributed by atoms with Crippen LogP contribution in [0.5, 0.6) is 0 Å². The Morgan fingerprint density at radius 1 is 1.44 bits per heavy atom. The van der Waals surface area contributed by atoms with Gasteiger partial charge in [-0.25, -0.2) is 0 Å². The minimum Gasteiger partial charge on any atom is -0.329 e. The summed E-state index contributed by atoms with van der Waals surface area (Å²) in [5.41, 5.74) is 6.45. The van der Waals surface area contributed by atoms with Crippen LogP contribution in [0.15, 0.2) is 0 Å². The fourth-order valence-electron chi connectivity index (χ4n) is 3.42. The molecule has 2 N–H and O–H groups in total. The molecule has 0 aromatic carbocycles. The number of likely N-dealkylation sites (tertiary alicyclic amines) is 1. The smallest absolute Gasteiger partial charge is 0.0425 e. The standard InChI is InChI=1S/C13H26N2S/c1-11(2)12-5-3-7-15(12)13(9-14)6-4-8-16-10-13/h11-12H,3-10,14H2,1-2H3. The second kappa shape index (κ2) is 5.28. The van der Waals surface area contributed by atoms with Gasteiger partial charge >= 0.3 is 0 Å². The van der Waals surface area contributed by atoms with E-state index in [1.807, 2.05) is 0 Å². The van der Waals surface area contributed by atoms with Gasteiger partial charge in [0.15, 0.2) is 0 Å². The number of thioether (sulfide) groups is 1. The normalized spacial score (nSPS) is 37.1. The van der Waals surface area contributed by atoms with Crippen molar-refractivity contribution >= 4 is 11.8 Å². The summed E-state index contributed by atoms with van der Waals surface area (Å²) in [6.45, 7) is 6.86. The molecule has 2 saturated heterocycles. The summed E-state index contributed by atoms with van der Waals surface area (Å²) in [5.74, 6) is 3.37. The van der Waals surface area contributed by atoms with Crippen molar-refractivity contribution in [2.45, 2.75) is 51.1 Å². The van der Waals surface area contributed by atoms with E-state index in [1.54, 1.807) is 0 Å². The lowest BCUT2D eigenvalue weighted by atomic mass is 9.90. The number of nitrogens with zero attached hydrogens (tertiary/aromatic N) is 1. The zero-order valence-corrected chi connectivity index (χ0v) is 11.6. The van der Waals surface area contributed by atoms with Gasteiger partial charge in [0.2, 0.25) is 0 Å². The highest BCUT2D eigenvalue weighted by Gasteiger charge is 2.43. The van der Waals surface area contributed by atoms with Crippen LogP contribution in [0.4, 0.5) is 0 Å². The summed E-state index contributed by atoms with van der Waals surface area (Å²) >= 11 is 2.11. The number of nitrogens with two attached hydrogens (primary N) is 1. The summed E-state index contributed by atoms with van der Waals surface area (Å²) in [5, 5.41) is 0. The predicted molar refractivity (Wildman–Crippen MR) is 72.9 cm³/mol. The molecule has 0 aromatic heterocycles. The average molecular weight is 242 g/mol. The molecule has 0 bridgehead atoms. The van der Waals surface area contributed by atoms with E-state index >= 15 is 0 Å². The van der Waals surface area contributed by atoms with Crippen molar-refractivity contribution in [3.05, 3.63) is 0 Å². The van der Waals surface area contributed by atoms with Gasteiger partial charge in [-0.3, -0.25) is 4.90 Å². The monoisotopic (exact) mass is 242 g/mol. The molecule has 16 heavy (non-hydrogen) atoms. The van der Waals surface area contributed by atoms with E-state index < -0.39 is 0 Å². The van der Waals surface area contributed by atoms with Crippen LogP contribution in [-0.2, 0) is 0 Å². The highest BCUT2D eigenvalue weighted by Crippen LogP contribution is 2.38. The highest BCUT2D eigenvalue weighted by atomic mass is 32.2. The van der Waals surface area contributed by atoms with Gasteiger partial charge in [0, 0.05) is 23.9 Å². The maximum absolute atomic E-state index is 6.13. The Bertz CT molecular complexity index is 224. The van der Waals surface area contributed by atoms with Crippen LogP contribution in [0.1, 0.15) is 39.5 Å². The maximum atomic E-state index is 6.13. The number of rotatable bonds is 3. The third kappa shape index (κ3) is 2.27. The van der Waals surface area contributed by atoms with E-state index in [-0.39, 0.29) is 0 Å². The van der Waals surface area contributed by atoms with Crippen LogP contribution < -0.4 is 5.73 Å². The number of hydrogen-bond donors (Lipinski definition) is 1. The van der Waals surface area contributed by atoms with Crippen LogP contribution in [0.3, 0.4) is 0 Å². The van der Waals surface area contributed by atoms with Gasteiger partial charge in [0.05, 0.1) is 0 Å². The molecule has 0 aliphatic carbocycles. The minimum atomic E-state index is 0.328. The van der Waals surface area contributed by atoms with E-state index in [9.17, 15) is 0 Å². The summed E-state index contributed by atoms with van der Waals surface area (Å²) < 4.78 is 0. The molecular formula is C13H26N2S. The summed E-state index contributed by atoms with van der Waals surface area (Å²) in [7, 11) is 0. The van der Waals surface area contributed by atoms with E-state index in [0.29, 0.717) is 5.54 Å². The Balaban J connectivity index is 2.12. The first-order chi connectivity index (χ1) is 7.69. The lowest BCUT2D eigenvalue weighted by Gasteiger charge is -2.47. The summed E-state index contributed by atoms with van der Waals surface area (Å²) in [4.78, 5) is 2.77. The zero-order valence-electron chi connectivity index (χ0n) is 10.7. The molecule has 0 radical (unpaired) electrons. The van der Waals surface area contributed by atoms with Crippen LogP contribution in [0.25, 0.3) is 0 Å². The molecule has 94 valence electrons. The largest absolute Gasteiger partial charge is 0.329 e. The Labute approximate surface area is 104 Å². The van der Waals surface area contributed by atoms with Crippen molar-refractivity contribution in [1.82, 2.24) is 4.90 Å². The first kappa shape index (κ1) is 12.7. The molecule has 2 aliphatic rings. The zero-order chi connectivity index (χ0) is 11.6. The van der Waals surface area contributed by atoms with Crippen molar-refractivity contribution in [2.24, 2.45) is 11.7 Å². The lowest BCUT2D eigenvalue weighted by Crippen LogP contribution is -2.59. The molecule has 2 aliphatic heterocycles. The molecule has 2 atom stereocenters. The van der Waals surface area contributed by atoms with Crippen molar-refractivity contribution in [3.8, 4) is 0 Å². The Hall–Kier alpha value is 0.270. The first-order valence-corrected chi connectivity index (χ1v) is 7.90. The van der Waals surface area contributed by atoms with Gasteiger partial charge in [-0.05, 0) is 43.9 Å². The van der Waals surface area contributed by atoms with E-state index in [1.165, 1.54) is 43.7 Å². The quantitative estimate of drug-likeness (QED) is 0.823. The highest BCUT2D eigenvalue weighted by molar-refractivity contribution is 7.99. The van der Waals surface area contributed by atoms with Crippen molar-refractivity contribution in [1.29, 1.82) is 0 Å². The Morgan fingerprint density at radius 3 is 2.81 bits per heavy atom. The van der Waals surface area contributed by atoms with Crippen molar-refractivity contribution in [2.75, 3.05) is 24.6 Å². The molecule has 2 rings (SSSR count). The van der Waals surface area contributed by atoms with E-state index in [4.69, 9.17) is 5.73 Å². The van der Waals surface area contributed by atoms with Gasteiger partial charge in [-0.2, -0.15) is 11.8 Å². The fourth-order valence-corrected chi connectivity index (χ4v) is 4.72. The Morgan fingerprint density at radius 2 is 2.25 bits per heavy atom. The molecule has 0 saturated carbocycles. The SMILES string of the molecule is CC(C)C1CCCN1C1(CN)CCCSC1. The fraction of sp³-hybridized carbons (Fsp3) is 1.00. The van der Waals surface area contributed by atoms with Crippen molar-refractivity contribution in [3.63, 3.8) is 0 Å². The molecule has 2 unspecified atom stereocenters. The molecular weight excluding hydrogens is 216 g/mol. The van der Waals surface area contributed by atoms with Gasteiger partial charge in [0.25, 0.3) is 0 Å². The first-order valence-electron chi connectivity index (χ1n) is 6.74. The van der Waals surface area contributed by atoms with Crippen LogP contribution in [-0.4, -0.2) is 41.1 Å². The average Bonchev–Trinajstić information content (AvgIpc) is 2.79. The molecule has 0 amide bonds. The lowest BCUT2D eigenvalue weighted by molar-refractivity contribution is 0.0677. The summed E-state index contributed by atoms with van der Waals surface area (Å²) in [6, 6.07) is 0.780. The molecule has 0 aromatic rings. The van der Waals surface area contributed by atoms with Gasteiger partial charge in [-0.1, -0.05) is 13.8 Å². The van der Waals surface area contributed by atoms with Gasteiger partial charge in [-0.15, -0.1) is 0 Å². The van der Waals surface area contributed by atoms with Crippen molar-refractivity contribution < 1.29 is 0 Å². The van der Waals surface area contributed by atoms with Crippen LogP contribution >= 0.6 is 11.8 Å². The topological polar surface area (TPSA) is 29.3 Å². The second-order valence-electron chi connectivity index (χ2n) is 5.73. The predicted octanol–water partition coefficient (Wildman–Crippen LogP) is 2.33. The van der Waals surface area contributed by atoms with Gasteiger partial charge < -0.3 is 5.73 Å². The minimum absolute atomic E-state index is 0.328. The Kier molecular flexibility index (Phi) is 4.20. The summed E-state index contributed by atoms with van der Waals surface area (Å²) in [6.07, 6.45) is 5.42. The molecule has 0 spiro atoms. The van der Waals surface area contributed by atoms with E-state index in [2.05, 4.69) is 30.5 Å². The third-order valence-corrected chi connectivity index (χ3v) is 5.68. The molecule has 2 heterocycles. The van der Waals surface area contributed by atoms with Crippen LogP contribution in [0.2, 0.25) is 0 Å². The maximum Gasteiger partial charge on any atom is 0.0425 e.